The van der Waals surface area contributed by atoms with Crippen molar-refractivity contribution in [3.8, 4) is 0 Å². The summed E-state index contributed by atoms with van der Waals surface area (Å²) in [7, 11) is 0. The predicted octanol–water partition coefficient (Wildman–Crippen LogP) is 24.8. The van der Waals surface area contributed by atoms with Crippen LogP contribution in [0.1, 0.15) is 355 Å². The Labute approximate surface area is 515 Å². The lowest BCUT2D eigenvalue weighted by atomic mass is 10.0. The summed E-state index contributed by atoms with van der Waals surface area (Å²) in [5, 5.41) is 0. The fraction of sp³-hybridized carbons (Fsp3) is 0.753. The number of hydrogen-bond acceptors (Lipinski definition) is 6. The maximum Gasteiger partial charge on any atom is 0.306 e. The fourth-order valence-electron chi connectivity index (χ4n) is 10.3. The first-order chi connectivity index (χ1) is 41.0. The van der Waals surface area contributed by atoms with Crippen molar-refractivity contribution >= 4 is 17.9 Å². The second kappa shape index (κ2) is 70.8. The Morgan fingerprint density at radius 2 is 0.470 bits per heavy atom. The van der Waals surface area contributed by atoms with Gasteiger partial charge in [0.2, 0.25) is 0 Å². The van der Waals surface area contributed by atoms with Gasteiger partial charge in [0.15, 0.2) is 6.10 Å². The summed E-state index contributed by atoms with van der Waals surface area (Å²) in [5.41, 5.74) is 0. The van der Waals surface area contributed by atoms with E-state index in [-0.39, 0.29) is 31.1 Å². The van der Waals surface area contributed by atoms with Crippen LogP contribution in [0.25, 0.3) is 0 Å². The Morgan fingerprint density at radius 1 is 0.253 bits per heavy atom. The molecule has 0 aliphatic heterocycles. The molecule has 0 saturated heterocycles. The average Bonchev–Trinajstić information content (AvgIpc) is 3.49. The van der Waals surface area contributed by atoms with E-state index in [1.807, 2.05) is 0 Å². The highest BCUT2D eigenvalue weighted by Crippen LogP contribution is 2.18. The van der Waals surface area contributed by atoms with Gasteiger partial charge in [0.25, 0.3) is 0 Å². The molecule has 83 heavy (non-hydrogen) atoms. The number of carbonyl (C=O) groups excluding carboxylic acids is 3. The summed E-state index contributed by atoms with van der Waals surface area (Å²) in [5.74, 6) is -0.888. The topological polar surface area (TPSA) is 78.9 Å². The summed E-state index contributed by atoms with van der Waals surface area (Å²) in [6.07, 6.45) is 95.8. The van der Waals surface area contributed by atoms with Gasteiger partial charge in [-0.15, -0.1) is 0 Å². The number of carbonyl (C=O) groups is 3. The molecule has 1 unspecified atom stereocenters. The molecule has 0 aromatic carbocycles. The third-order valence-electron chi connectivity index (χ3n) is 15.6. The number of hydrogen-bond donors (Lipinski definition) is 0. The van der Waals surface area contributed by atoms with E-state index in [1.165, 1.54) is 193 Å². The quantitative estimate of drug-likeness (QED) is 0.0261. The maximum absolute atomic E-state index is 13.0. The van der Waals surface area contributed by atoms with Gasteiger partial charge >= 0.3 is 17.9 Å². The molecule has 0 N–H and O–H groups in total. The second-order valence-electron chi connectivity index (χ2n) is 23.8. The Kier molecular flexibility index (Phi) is 67.7. The van der Waals surface area contributed by atoms with Crippen LogP contribution in [0, 0.1) is 0 Å². The Hall–Kier alpha value is -3.67. The van der Waals surface area contributed by atoms with Crippen LogP contribution in [0.4, 0.5) is 0 Å². The smallest absolute Gasteiger partial charge is 0.306 e. The van der Waals surface area contributed by atoms with Crippen molar-refractivity contribution in [1.82, 2.24) is 0 Å². The Bertz CT molecular complexity index is 1610. The second-order valence-corrected chi connectivity index (χ2v) is 23.8. The van der Waals surface area contributed by atoms with Gasteiger partial charge in [0, 0.05) is 19.3 Å². The molecule has 0 fully saturated rings. The minimum absolute atomic E-state index is 0.0809. The molecule has 0 rings (SSSR count). The molecule has 6 nitrogen and oxygen atoms in total. The van der Waals surface area contributed by atoms with E-state index in [0.717, 1.165) is 122 Å². The van der Waals surface area contributed by atoms with Gasteiger partial charge in [-0.1, -0.05) is 349 Å². The number of esters is 3. The molecule has 0 aliphatic carbocycles. The van der Waals surface area contributed by atoms with Crippen molar-refractivity contribution in [2.75, 3.05) is 13.2 Å². The third-order valence-corrected chi connectivity index (χ3v) is 15.6. The first-order valence-electron chi connectivity index (χ1n) is 35.7. The standard InChI is InChI=1S/C77H134O6/c1-4-7-10-13-16-19-22-25-27-29-31-33-35-36-37-38-39-40-42-43-45-47-49-52-55-58-61-64-67-70-76(79)82-73-74(72-81-75(78)69-66-63-60-57-54-51-24-21-18-15-12-9-6-3)83-77(80)71-68-65-62-59-56-53-50-48-46-44-41-34-32-30-28-26-23-20-17-14-11-8-5-2/h7,10,16,19,25,27,31,33,36-37,39-40,43,45,49,52,74H,4-6,8-9,11-15,17-18,20-24,26,28-30,32,34-35,38,41-42,44,46-48,50-51,53-73H2,1-3H3/b10-7-,19-16-,27-25-,33-31-,37-36-,40-39-,45-43-,52-49-. The van der Waals surface area contributed by atoms with Crippen molar-refractivity contribution in [3.05, 3.63) is 97.2 Å². The van der Waals surface area contributed by atoms with Crippen LogP contribution < -0.4 is 0 Å². The van der Waals surface area contributed by atoms with Gasteiger partial charge in [0.05, 0.1) is 0 Å². The molecule has 478 valence electrons. The summed E-state index contributed by atoms with van der Waals surface area (Å²) in [4.78, 5) is 38.4. The maximum atomic E-state index is 13.0. The zero-order valence-electron chi connectivity index (χ0n) is 54.9. The fourth-order valence-corrected chi connectivity index (χ4v) is 10.3. The van der Waals surface area contributed by atoms with Crippen LogP contribution in [0.5, 0.6) is 0 Å². The zero-order chi connectivity index (χ0) is 59.9. The summed E-state index contributed by atoms with van der Waals surface area (Å²) in [6, 6.07) is 0. The molecule has 0 heterocycles. The van der Waals surface area contributed by atoms with Crippen molar-refractivity contribution < 1.29 is 28.6 Å². The van der Waals surface area contributed by atoms with Crippen LogP contribution >= 0.6 is 0 Å². The van der Waals surface area contributed by atoms with Gasteiger partial charge in [-0.2, -0.15) is 0 Å². The number of rotatable bonds is 65. The van der Waals surface area contributed by atoms with Crippen LogP contribution in [-0.2, 0) is 28.6 Å². The van der Waals surface area contributed by atoms with Crippen LogP contribution in [0.15, 0.2) is 97.2 Å². The van der Waals surface area contributed by atoms with Gasteiger partial charge in [-0.3, -0.25) is 14.4 Å². The van der Waals surface area contributed by atoms with E-state index in [9.17, 15) is 14.4 Å². The molecule has 1 atom stereocenters. The lowest BCUT2D eigenvalue weighted by Crippen LogP contribution is -2.30. The minimum atomic E-state index is -0.787. The van der Waals surface area contributed by atoms with Gasteiger partial charge in [0.1, 0.15) is 13.2 Å². The molecule has 6 heteroatoms. The molecular weight excluding hydrogens is 1020 g/mol. The van der Waals surface area contributed by atoms with E-state index in [4.69, 9.17) is 14.2 Å². The summed E-state index contributed by atoms with van der Waals surface area (Å²) < 4.78 is 17.0. The SMILES string of the molecule is CC/C=C\C/C=C\C/C=C\C/C=C\C/C=C\C/C=C\C/C=C\C/C=C\CCCCCCC(=O)OCC(COC(=O)CCCCCCCCCCCCCCC)OC(=O)CCCCCCCCCCCCCCCCCCCCCCCCC. The highest BCUT2D eigenvalue weighted by Gasteiger charge is 2.19. The zero-order valence-corrected chi connectivity index (χ0v) is 54.9. The number of allylic oxidation sites excluding steroid dienone is 16. The molecule has 0 saturated carbocycles. The molecule has 0 radical (unpaired) electrons. The van der Waals surface area contributed by atoms with Crippen LogP contribution in [-0.4, -0.2) is 37.2 Å². The van der Waals surface area contributed by atoms with Gasteiger partial charge in [-0.05, 0) is 83.5 Å². The van der Waals surface area contributed by atoms with E-state index < -0.39 is 6.10 Å². The summed E-state index contributed by atoms with van der Waals surface area (Å²) in [6.45, 7) is 6.56. The number of ether oxygens (including phenoxy) is 3. The van der Waals surface area contributed by atoms with E-state index in [1.54, 1.807) is 0 Å². The van der Waals surface area contributed by atoms with Gasteiger partial charge < -0.3 is 14.2 Å². The molecule has 0 aromatic rings. The van der Waals surface area contributed by atoms with Crippen molar-refractivity contribution in [2.45, 2.75) is 361 Å². The molecule has 0 aromatic heterocycles. The molecule has 0 spiro atoms. The lowest BCUT2D eigenvalue weighted by molar-refractivity contribution is -0.167. The molecular formula is C77H134O6. The first-order valence-corrected chi connectivity index (χ1v) is 35.7. The van der Waals surface area contributed by atoms with Crippen molar-refractivity contribution in [3.63, 3.8) is 0 Å². The third kappa shape index (κ3) is 69.0. The van der Waals surface area contributed by atoms with Crippen LogP contribution in [0.3, 0.4) is 0 Å². The van der Waals surface area contributed by atoms with Crippen LogP contribution in [0.2, 0.25) is 0 Å². The van der Waals surface area contributed by atoms with Crippen molar-refractivity contribution in [1.29, 1.82) is 0 Å². The van der Waals surface area contributed by atoms with Gasteiger partial charge in [-0.25, -0.2) is 0 Å². The number of unbranched alkanes of at least 4 members (excludes halogenated alkanes) is 38. The highest BCUT2D eigenvalue weighted by atomic mass is 16.6. The molecule has 0 bridgehead atoms. The van der Waals surface area contributed by atoms with E-state index >= 15 is 0 Å². The first kappa shape index (κ1) is 79.3. The lowest BCUT2D eigenvalue weighted by Gasteiger charge is -2.18. The minimum Gasteiger partial charge on any atom is -0.462 e. The highest BCUT2D eigenvalue weighted by molar-refractivity contribution is 5.71. The van der Waals surface area contributed by atoms with Crippen molar-refractivity contribution in [2.24, 2.45) is 0 Å². The average molecular weight is 1160 g/mol. The van der Waals surface area contributed by atoms with E-state index in [2.05, 4.69) is 118 Å². The largest absolute Gasteiger partial charge is 0.462 e. The Morgan fingerprint density at radius 3 is 0.735 bits per heavy atom. The normalized spacial score (nSPS) is 12.7. The van der Waals surface area contributed by atoms with E-state index in [0.29, 0.717) is 19.3 Å². The Balaban J connectivity index is 4.33. The molecule has 0 amide bonds. The summed E-state index contributed by atoms with van der Waals surface area (Å²) >= 11 is 0. The molecule has 0 aliphatic rings. The predicted molar refractivity (Wildman–Crippen MR) is 362 cm³/mol. The monoisotopic (exact) mass is 1160 g/mol.